The van der Waals surface area contributed by atoms with Gasteiger partial charge in [-0.15, -0.1) is 0 Å². The van der Waals surface area contributed by atoms with E-state index < -0.39 is 11.6 Å². The zero-order chi connectivity index (χ0) is 17.4. The van der Waals surface area contributed by atoms with Crippen LogP contribution in [0.2, 0.25) is 0 Å². The standard InChI is InChI=1S/C18H13F2N5/c1-11-15(19)5-4-14(18(11)20)12-7-17-16(21-8-12)9-23-25(17)10-13-3-2-6-22-24-13/h2-9H,10H2,1H3. The lowest BCUT2D eigenvalue weighted by molar-refractivity contribution is 0.570. The molecule has 0 atom stereocenters. The average molecular weight is 337 g/mol. The Morgan fingerprint density at radius 1 is 1.12 bits per heavy atom. The molecule has 0 aliphatic rings. The summed E-state index contributed by atoms with van der Waals surface area (Å²) in [6, 6.07) is 8.12. The minimum absolute atomic E-state index is 0.00864. The third-order valence-electron chi connectivity index (χ3n) is 4.07. The first-order valence-corrected chi connectivity index (χ1v) is 7.66. The molecule has 4 aromatic rings. The van der Waals surface area contributed by atoms with Gasteiger partial charge in [0, 0.05) is 29.1 Å². The predicted octanol–water partition coefficient (Wildman–Crippen LogP) is 3.52. The zero-order valence-corrected chi connectivity index (χ0v) is 13.3. The molecule has 0 aliphatic carbocycles. The first-order valence-electron chi connectivity index (χ1n) is 7.66. The van der Waals surface area contributed by atoms with Crippen molar-refractivity contribution in [2.45, 2.75) is 13.5 Å². The lowest BCUT2D eigenvalue weighted by atomic mass is 10.0. The second-order valence-electron chi connectivity index (χ2n) is 5.68. The topological polar surface area (TPSA) is 56.5 Å². The molecular weight excluding hydrogens is 324 g/mol. The molecule has 124 valence electrons. The van der Waals surface area contributed by atoms with Crippen LogP contribution in [0, 0.1) is 18.6 Å². The number of halogens is 2. The molecule has 0 saturated carbocycles. The Morgan fingerprint density at radius 2 is 2.00 bits per heavy atom. The van der Waals surface area contributed by atoms with Crippen molar-refractivity contribution >= 4 is 11.0 Å². The van der Waals surface area contributed by atoms with Crippen LogP contribution in [-0.4, -0.2) is 25.0 Å². The summed E-state index contributed by atoms with van der Waals surface area (Å²) in [6.07, 6.45) is 4.80. The van der Waals surface area contributed by atoms with E-state index in [9.17, 15) is 8.78 Å². The maximum absolute atomic E-state index is 14.4. The van der Waals surface area contributed by atoms with E-state index >= 15 is 0 Å². The molecule has 25 heavy (non-hydrogen) atoms. The summed E-state index contributed by atoms with van der Waals surface area (Å²) in [5.74, 6) is -1.15. The number of nitrogens with zero attached hydrogens (tertiary/aromatic N) is 5. The van der Waals surface area contributed by atoms with E-state index in [0.29, 0.717) is 23.2 Å². The Kier molecular flexibility index (Phi) is 3.68. The highest BCUT2D eigenvalue weighted by Crippen LogP contribution is 2.28. The summed E-state index contributed by atoms with van der Waals surface area (Å²) in [5.41, 5.74) is 3.04. The molecule has 1 aromatic carbocycles. The fourth-order valence-corrected chi connectivity index (χ4v) is 2.69. The fourth-order valence-electron chi connectivity index (χ4n) is 2.69. The molecular formula is C18H13F2N5. The monoisotopic (exact) mass is 337 g/mol. The minimum Gasteiger partial charge on any atom is -0.257 e. The molecule has 3 aromatic heterocycles. The van der Waals surface area contributed by atoms with E-state index in [4.69, 9.17) is 0 Å². The van der Waals surface area contributed by atoms with E-state index in [2.05, 4.69) is 20.3 Å². The number of fused-ring (bicyclic) bond motifs is 1. The largest absolute Gasteiger partial charge is 0.257 e. The number of aromatic nitrogens is 5. The molecule has 0 aliphatic heterocycles. The van der Waals surface area contributed by atoms with Gasteiger partial charge in [-0.05, 0) is 37.3 Å². The Labute approximate surface area is 142 Å². The molecule has 0 N–H and O–H groups in total. The lowest BCUT2D eigenvalue weighted by Crippen LogP contribution is -2.04. The summed E-state index contributed by atoms with van der Waals surface area (Å²) >= 11 is 0. The Balaban J connectivity index is 1.80. The summed E-state index contributed by atoms with van der Waals surface area (Å²) in [4.78, 5) is 4.33. The number of pyridine rings is 1. The van der Waals surface area contributed by atoms with Crippen LogP contribution in [0.5, 0.6) is 0 Å². The van der Waals surface area contributed by atoms with Crippen molar-refractivity contribution in [3.63, 3.8) is 0 Å². The van der Waals surface area contributed by atoms with Crippen LogP contribution in [0.25, 0.3) is 22.2 Å². The number of hydrogen-bond acceptors (Lipinski definition) is 4. The number of benzene rings is 1. The SMILES string of the molecule is Cc1c(F)ccc(-c2cnc3cnn(Cc4cccnn4)c3c2)c1F. The Bertz CT molecular complexity index is 1060. The summed E-state index contributed by atoms with van der Waals surface area (Å²) in [6.45, 7) is 1.84. The van der Waals surface area contributed by atoms with Gasteiger partial charge in [-0.25, -0.2) is 8.78 Å². The van der Waals surface area contributed by atoms with Gasteiger partial charge in [-0.3, -0.25) is 9.67 Å². The van der Waals surface area contributed by atoms with Crippen LogP contribution < -0.4 is 0 Å². The van der Waals surface area contributed by atoms with E-state index in [1.165, 1.54) is 19.1 Å². The molecule has 0 unspecified atom stereocenters. The maximum Gasteiger partial charge on any atom is 0.136 e. The van der Waals surface area contributed by atoms with Gasteiger partial charge in [0.25, 0.3) is 0 Å². The van der Waals surface area contributed by atoms with Gasteiger partial charge in [-0.2, -0.15) is 15.3 Å². The highest BCUT2D eigenvalue weighted by molar-refractivity contribution is 5.80. The first-order chi connectivity index (χ1) is 12.1. The summed E-state index contributed by atoms with van der Waals surface area (Å²) < 4.78 is 29.6. The molecule has 0 saturated heterocycles. The smallest absolute Gasteiger partial charge is 0.136 e. The normalized spacial score (nSPS) is 11.2. The molecule has 0 amide bonds. The van der Waals surface area contributed by atoms with Crippen LogP contribution in [0.4, 0.5) is 8.78 Å². The van der Waals surface area contributed by atoms with E-state index in [-0.39, 0.29) is 5.56 Å². The predicted molar refractivity (Wildman–Crippen MR) is 88.8 cm³/mol. The lowest BCUT2D eigenvalue weighted by Gasteiger charge is -2.08. The number of hydrogen-bond donors (Lipinski definition) is 0. The highest BCUT2D eigenvalue weighted by Gasteiger charge is 2.14. The first kappa shape index (κ1) is 15.3. The summed E-state index contributed by atoms with van der Waals surface area (Å²) in [7, 11) is 0. The molecule has 3 heterocycles. The van der Waals surface area contributed by atoms with Gasteiger partial charge in [0.2, 0.25) is 0 Å². The van der Waals surface area contributed by atoms with Gasteiger partial charge in [0.15, 0.2) is 0 Å². The molecule has 7 heteroatoms. The van der Waals surface area contributed by atoms with Crippen LogP contribution in [0.3, 0.4) is 0 Å². The minimum atomic E-state index is -0.582. The summed E-state index contributed by atoms with van der Waals surface area (Å²) in [5, 5.41) is 12.2. The van der Waals surface area contributed by atoms with Crippen molar-refractivity contribution in [2.75, 3.05) is 0 Å². The van der Waals surface area contributed by atoms with Crippen molar-refractivity contribution in [1.82, 2.24) is 25.0 Å². The quantitative estimate of drug-likeness (QED) is 0.574. The molecule has 0 fully saturated rings. The van der Waals surface area contributed by atoms with Crippen molar-refractivity contribution in [1.29, 1.82) is 0 Å². The Morgan fingerprint density at radius 3 is 2.80 bits per heavy atom. The van der Waals surface area contributed by atoms with Crippen molar-refractivity contribution in [3.8, 4) is 11.1 Å². The van der Waals surface area contributed by atoms with Gasteiger partial charge >= 0.3 is 0 Å². The van der Waals surface area contributed by atoms with E-state index in [1.807, 2.05) is 6.07 Å². The second kappa shape index (κ2) is 6.01. The van der Waals surface area contributed by atoms with Crippen molar-refractivity contribution in [3.05, 3.63) is 71.8 Å². The third-order valence-corrected chi connectivity index (χ3v) is 4.07. The van der Waals surface area contributed by atoms with Crippen LogP contribution in [-0.2, 0) is 6.54 Å². The highest BCUT2D eigenvalue weighted by atomic mass is 19.1. The van der Waals surface area contributed by atoms with Gasteiger partial charge in [0.05, 0.1) is 24.0 Å². The second-order valence-corrected chi connectivity index (χ2v) is 5.68. The van der Waals surface area contributed by atoms with Crippen LogP contribution in [0.1, 0.15) is 11.3 Å². The van der Waals surface area contributed by atoms with E-state index in [0.717, 1.165) is 11.2 Å². The van der Waals surface area contributed by atoms with Gasteiger partial charge in [-0.1, -0.05) is 0 Å². The van der Waals surface area contributed by atoms with Gasteiger partial charge < -0.3 is 0 Å². The third kappa shape index (κ3) is 2.73. The van der Waals surface area contributed by atoms with Crippen LogP contribution in [0.15, 0.2) is 48.9 Å². The van der Waals surface area contributed by atoms with E-state index in [1.54, 1.807) is 35.4 Å². The maximum atomic E-state index is 14.4. The average Bonchev–Trinajstić information content (AvgIpc) is 3.03. The molecule has 0 spiro atoms. The zero-order valence-electron chi connectivity index (χ0n) is 13.3. The molecule has 5 nitrogen and oxygen atoms in total. The number of rotatable bonds is 3. The fraction of sp³-hybridized carbons (Fsp3) is 0.111. The molecule has 0 bridgehead atoms. The molecule has 4 rings (SSSR count). The van der Waals surface area contributed by atoms with Crippen molar-refractivity contribution in [2.24, 2.45) is 0 Å². The van der Waals surface area contributed by atoms with Gasteiger partial charge in [0.1, 0.15) is 17.2 Å². The Hall–Kier alpha value is -3.22. The van der Waals surface area contributed by atoms with Crippen LogP contribution >= 0.6 is 0 Å². The van der Waals surface area contributed by atoms with Crippen molar-refractivity contribution < 1.29 is 8.78 Å². The molecule has 0 radical (unpaired) electrons.